The van der Waals surface area contributed by atoms with E-state index in [0.717, 1.165) is 18.4 Å². The van der Waals surface area contributed by atoms with Gasteiger partial charge in [-0.2, -0.15) is 0 Å². The zero-order valence-electron chi connectivity index (χ0n) is 21.0. The van der Waals surface area contributed by atoms with Crippen LogP contribution in [-0.4, -0.2) is 64.4 Å². The normalized spacial score (nSPS) is 15.2. The molecule has 0 aliphatic carbocycles. The Hall–Kier alpha value is -3.43. The van der Waals surface area contributed by atoms with Crippen LogP contribution in [0.3, 0.4) is 0 Å². The lowest BCUT2D eigenvalue weighted by molar-refractivity contribution is -0.125. The fraction of sp³-hybridized carbons (Fsp3) is 0.444. The molecule has 1 unspecified atom stereocenters. The number of benzene rings is 2. The molecule has 9 heteroatoms. The predicted molar refractivity (Wildman–Crippen MR) is 136 cm³/mol. The Morgan fingerprint density at radius 2 is 1.78 bits per heavy atom. The Morgan fingerprint density at radius 3 is 2.44 bits per heavy atom. The first-order chi connectivity index (χ1) is 17.1. The van der Waals surface area contributed by atoms with Gasteiger partial charge in [0, 0.05) is 30.9 Å². The van der Waals surface area contributed by atoms with Crippen molar-refractivity contribution in [1.82, 2.24) is 10.2 Å². The Balaban J connectivity index is 1.55. The van der Waals surface area contributed by atoms with Gasteiger partial charge < -0.3 is 30.5 Å². The molecule has 3 rings (SSSR count). The summed E-state index contributed by atoms with van der Waals surface area (Å²) in [6, 6.07) is 14.6. The monoisotopic (exact) mass is 497 g/mol. The number of likely N-dealkylation sites (tertiary alicyclic amines) is 1. The molecular weight excluding hydrogens is 462 g/mol. The van der Waals surface area contributed by atoms with Crippen molar-refractivity contribution in [2.75, 3.05) is 25.0 Å². The largest absolute Gasteiger partial charge is 0.444 e. The topological polar surface area (TPSA) is 128 Å². The number of alkyl carbamates (subject to hydrolysis) is 1. The smallest absolute Gasteiger partial charge is 0.407 e. The number of nitrogens with one attached hydrogen (secondary N) is 2. The molecule has 194 valence electrons. The van der Waals surface area contributed by atoms with Crippen LogP contribution in [0, 0.1) is 0 Å². The van der Waals surface area contributed by atoms with E-state index in [9.17, 15) is 19.5 Å². The van der Waals surface area contributed by atoms with Gasteiger partial charge in [-0.3, -0.25) is 9.59 Å². The molecule has 0 spiro atoms. The number of hydrogen-bond acceptors (Lipinski definition) is 6. The van der Waals surface area contributed by atoms with E-state index in [4.69, 9.17) is 9.84 Å². The summed E-state index contributed by atoms with van der Waals surface area (Å²) in [7, 11) is 0. The van der Waals surface area contributed by atoms with Gasteiger partial charge in [-0.05, 0) is 68.9 Å². The van der Waals surface area contributed by atoms with Crippen LogP contribution in [0.4, 0.5) is 10.5 Å². The summed E-state index contributed by atoms with van der Waals surface area (Å²) < 4.78 is 5.29. The minimum atomic E-state index is -1.52. The van der Waals surface area contributed by atoms with Crippen LogP contribution in [0.15, 0.2) is 48.5 Å². The molecule has 0 bridgehead atoms. The number of carbonyl (C=O) groups excluding carboxylic acids is 3. The van der Waals surface area contributed by atoms with E-state index in [1.807, 2.05) is 32.9 Å². The molecule has 1 heterocycles. The van der Waals surface area contributed by atoms with Crippen LogP contribution in [0.2, 0.25) is 0 Å². The van der Waals surface area contributed by atoms with Crippen molar-refractivity contribution in [1.29, 1.82) is 0 Å². The summed E-state index contributed by atoms with van der Waals surface area (Å²) in [5, 5.41) is 23.6. The maximum absolute atomic E-state index is 13.0. The third-order valence-electron chi connectivity index (χ3n) is 5.89. The first-order valence-corrected chi connectivity index (χ1v) is 12.1. The average Bonchev–Trinajstić information content (AvgIpc) is 2.86. The summed E-state index contributed by atoms with van der Waals surface area (Å²) >= 11 is 0. The minimum Gasteiger partial charge on any atom is -0.444 e. The lowest BCUT2D eigenvalue weighted by Crippen LogP contribution is -2.38. The van der Waals surface area contributed by atoms with Crippen LogP contribution in [-0.2, 0) is 16.1 Å². The van der Waals surface area contributed by atoms with Crippen LogP contribution in [0.25, 0.3) is 0 Å². The molecule has 4 N–H and O–H groups in total. The van der Waals surface area contributed by atoms with E-state index in [1.165, 1.54) is 5.56 Å². The van der Waals surface area contributed by atoms with Crippen molar-refractivity contribution in [2.45, 2.75) is 57.8 Å². The second-order valence-electron chi connectivity index (χ2n) is 9.94. The number of carbonyl (C=O) groups is 3. The highest BCUT2D eigenvalue weighted by Crippen LogP contribution is 2.29. The Bertz CT molecular complexity index is 1070. The van der Waals surface area contributed by atoms with E-state index >= 15 is 0 Å². The Morgan fingerprint density at radius 1 is 1.08 bits per heavy atom. The lowest BCUT2D eigenvalue weighted by atomic mass is 9.88. The second-order valence-corrected chi connectivity index (χ2v) is 9.94. The lowest BCUT2D eigenvalue weighted by Gasteiger charge is -2.32. The highest BCUT2D eigenvalue weighted by atomic mass is 16.6. The molecule has 1 saturated heterocycles. The van der Waals surface area contributed by atoms with E-state index in [0.29, 0.717) is 36.8 Å². The van der Waals surface area contributed by atoms with Crippen molar-refractivity contribution >= 4 is 23.6 Å². The van der Waals surface area contributed by atoms with Crippen LogP contribution in [0.1, 0.15) is 61.0 Å². The minimum absolute atomic E-state index is 0.123. The molecule has 1 aliphatic heterocycles. The number of amides is 3. The molecule has 2 aromatic carbocycles. The van der Waals surface area contributed by atoms with Gasteiger partial charge in [0.15, 0.2) is 6.10 Å². The summed E-state index contributed by atoms with van der Waals surface area (Å²) in [4.78, 5) is 38.6. The molecule has 1 atom stereocenters. The Kier molecular flexibility index (Phi) is 9.06. The van der Waals surface area contributed by atoms with Crippen molar-refractivity contribution in [3.05, 3.63) is 65.2 Å². The van der Waals surface area contributed by atoms with Gasteiger partial charge in [0.05, 0.1) is 6.61 Å². The van der Waals surface area contributed by atoms with E-state index in [2.05, 4.69) is 22.8 Å². The van der Waals surface area contributed by atoms with Crippen molar-refractivity contribution in [3.8, 4) is 0 Å². The first-order valence-electron chi connectivity index (χ1n) is 12.1. The van der Waals surface area contributed by atoms with Crippen LogP contribution >= 0.6 is 0 Å². The standard InChI is InChI=1S/C27H35N3O6/c1-27(2,3)36-26(35)28-16-18-6-4-7-20(14-18)19-10-12-30(13-11-19)25(34)21-8-5-9-22(15-21)29-24(33)23(32)17-31/h4-9,14-15,19,23,31-32H,10-13,16-17H2,1-3H3,(H,28,35)(H,29,33). The number of hydrogen-bond donors (Lipinski definition) is 4. The highest BCUT2D eigenvalue weighted by molar-refractivity contribution is 5.98. The third kappa shape index (κ3) is 7.79. The first kappa shape index (κ1) is 27.2. The number of anilines is 1. The van der Waals surface area contributed by atoms with Gasteiger partial charge in [0.1, 0.15) is 5.60 Å². The maximum atomic E-state index is 13.0. The van der Waals surface area contributed by atoms with E-state index in [1.54, 1.807) is 29.2 Å². The average molecular weight is 498 g/mol. The summed E-state index contributed by atoms with van der Waals surface area (Å²) in [6.45, 7) is 6.37. The van der Waals surface area contributed by atoms with Gasteiger partial charge >= 0.3 is 6.09 Å². The number of nitrogens with zero attached hydrogens (tertiary/aromatic N) is 1. The Labute approximate surface area is 211 Å². The summed E-state index contributed by atoms with van der Waals surface area (Å²) in [6.07, 6.45) is -0.343. The van der Waals surface area contributed by atoms with Gasteiger partial charge in [-0.25, -0.2) is 4.79 Å². The number of aliphatic hydroxyl groups excluding tert-OH is 2. The molecule has 1 aliphatic rings. The fourth-order valence-electron chi connectivity index (χ4n) is 4.08. The van der Waals surface area contributed by atoms with E-state index in [-0.39, 0.29) is 5.91 Å². The predicted octanol–water partition coefficient (Wildman–Crippen LogP) is 3.02. The third-order valence-corrected chi connectivity index (χ3v) is 5.89. The van der Waals surface area contributed by atoms with Gasteiger partial charge in [-0.1, -0.05) is 30.3 Å². The van der Waals surface area contributed by atoms with Crippen molar-refractivity contribution < 1.29 is 29.3 Å². The molecular formula is C27H35N3O6. The molecule has 0 radical (unpaired) electrons. The number of aliphatic hydroxyl groups is 2. The molecule has 0 saturated carbocycles. The number of rotatable bonds is 7. The molecule has 3 amide bonds. The summed E-state index contributed by atoms with van der Waals surface area (Å²) in [5.74, 6) is -0.546. The second kappa shape index (κ2) is 12.0. The van der Waals surface area contributed by atoms with Gasteiger partial charge in [0.25, 0.3) is 11.8 Å². The molecule has 9 nitrogen and oxygen atoms in total. The maximum Gasteiger partial charge on any atom is 0.407 e. The van der Waals surface area contributed by atoms with Gasteiger partial charge in [0.2, 0.25) is 0 Å². The zero-order chi connectivity index (χ0) is 26.3. The molecule has 36 heavy (non-hydrogen) atoms. The zero-order valence-corrected chi connectivity index (χ0v) is 21.0. The molecule has 2 aromatic rings. The SMILES string of the molecule is CC(C)(C)OC(=O)NCc1cccc(C2CCN(C(=O)c3cccc(NC(=O)C(O)CO)c3)CC2)c1. The van der Waals surface area contributed by atoms with Crippen LogP contribution < -0.4 is 10.6 Å². The van der Waals surface area contributed by atoms with Crippen molar-refractivity contribution in [3.63, 3.8) is 0 Å². The number of piperidine rings is 1. The van der Waals surface area contributed by atoms with E-state index < -0.39 is 30.3 Å². The fourth-order valence-corrected chi connectivity index (χ4v) is 4.08. The highest BCUT2D eigenvalue weighted by Gasteiger charge is 2.25. The molecule has 1 fully saturated rings. The van der Waals surface area contributed by atoms with Crippen molar-refractivity contribution in [2.24, 2.45) is 0 Å². The van der Waals surface area contributed by atoms with Crippen LogP contribution in [0.5, 0.6) is 0 Å². The quantitative estimate of drug-likeness (QED) is 0.466. The van der Waals surface area contributed by atoms with Gasteiger partial charge in [-0.15, -0.1) is 0 Å². The summed E-state index contributed by atoms with van der Waals surface area (Å²) in [5.41, 5.74) is 2.44. The molecule has 0 aromatic heterocycles. The number of ether oxygens (including phenoxy) is 1.